The van der Waals surface area contributed by atoms with E-state index in [1.807, 2.05) is 0 Å². The maximum absolute atomic E-state index is 12.1. The predicted octanol–water partition coefficient (Wildman–Crippen LogP) is -0.914. The molecule has 0 aliphatic carbocycles. The molecule has 1 amide bonds. The number of likely N-dealkylation sites (tertiary alicyclic amines) is 1. The Morgan fingerprint density at radius 1 is 1.35 bits per heavy atom. The molecule has 1 unspecified atom stereocenters. The summed E-state index contributed by atoms with van der Waals surface area (Å²) in [4.78, 5) is 24.7. The summed E-state index contributed by atoms with van der Waals surface area (Å²) in [5.41, 5.74) is 0. The van der Waals surface area contributed by atoms with E-state index in [1.165, 1.54) is 0 Å². The molecule has 0 bridgehead atoms. The van der Waals surface area contributed by atoms with Crippen LogP contribution in [0.3, 0.4) is 0 Å². The number of hydrogen-bond donors (Lipinski definition) is 2. The number of sulfone groups is 1. The highest BCUT2D eigenvalue weighted by Gasteiger charge is 2.31. The molecule has 0 spiro atoms. The highest BCUT2D eigenvalue weighted by atomic mass is 32.2. The molecular weight excluding hydrogens is 284 g/mol. The molecule has 2 atom stereocenters. The average molecular weight is 304 g/mol. The van der Waals surface area contributed by atoms with Gasteiger partial charge in [0.2, 0.25) is 5.91 Å². The van der Waals surface area contributed by atoms with Crippen LogP contribution in [0.2, 0.25) is 0 Å². The van der Waals surface area contributed by atoms with E-state index >= 15 is 0 Å². The number of carboxylic acid groups (broad SMARTS) is 1. The molecule has 2 aliphatic heterocycles. The lowest BCUT2D eigenvalue weighted by Crippen LogP contribution is -2.49. The summed E-state index contributed by atoms with van der Waals surface area (Å²) in [6.45, 7) is 1.16. The Balaban J connectivity index is 1.89. The van der Waals surface area contributed by atoms with Crippen LogP contribution >= 0.6 is 0 Å². The van der Waals surface area contributed by atoms with Gasteiger partial charge in [0.25, 0.3) is 0 Å². The third kappa shape index (κ3) is 3.92. The molecular formula is C12H20N2O5S. The molecule has 7 nitrogen and oxygen atoms in total. The lowest BCUT2D eigenvalue weighted by molar-refractivity contribution is -0.145. The lowest BCUT2D eigenvalue weighted by Gasteiger charge is -2.32. The van der Waals surface area contributed by atoms with Gasteiger partial charge in [-0.2, -0.15) is 0 Å². The van der Waals surface area contributed by atoms with E-state index in [0.717, 1.165) is 0 Å². The van der Waals surface area contributed by atoms with Crippen molar-refractivity contribution in [2.75, 3.05) is 31.1 Å². The molecule has 0 saturated carbocycles. The Morgan fingerprint density at radius 3 is 2.75 bits per heavy atom. The topological polar surface area (TPSA) is 104 Å². The SMILES string of the molecule is O=C(O)[C@@H]1CCCN(C(=O)CC2CS(=O)(=O)CCN2)C1. The van der Waals surface area contributed by atoms with E-state index in [2.05, 4.69) is 5.32 Å². The summed E-state index contributed by atoms with van der Waals surface area (Å²) in [5, 5.41) is 12.0. The minimum Gasteiger partial charge on any atom is -0.481 e. The Labute approximate surface area is 118 Å². The number of aliphatic carboxylic acids is 1. The number of carbonyl (C=O) groups is 2. The van der Waals surface area contributed by atoms with Crippen LogP contribution in [-0.2, 0) is 19.4 Å². The number of carbonyl (C=O) groups excluding carboxylic acids is 1. The zero-order valence-electron chi connectivity index (χ0n) is 11.2. The van der Waals surface area contributed by atoms with Crippen molar-refractivity contribution in [2.45, 2.75) is 25.3 Å². The summed E-state index contributed by atoms with van der Waals surface area (Å²) >= 11 is 0. The number of carboxylic acids is 1. The number of nitrogens with zero attached hydrogens (tertiary/aromatic N) is 1. The van der Waals surface area contributed by atoms with Crippen molar-refractivity contribution in [2.24, 2.45) is 5.92 Å². The first-order valence-corrected chi connectivity index (χ1v) is 8.64. The number of amides is 1. The lowest BCUT2D eigenvalue weighted by atomic mass is 9.98. The van der Waals surface area contributed by atoms with Crippen molar-refractivity contribution in [1.82, 2.24) is 10.2 Å². The Hall–Kier alpha value is -1.15. The van der Waals surface area contributed by atoms with Gasteiger partial charge >= 0.3 is 5.97 Å². The minimum absolute atomic E-state index is 0.0189. The number of hydrogen-bond acceptors (Lipinski definition) is 5. The van der Waals surface area contributed by atoms with Gasteiger partial charge in [-0.15, -0.1) is 0 Å². The molecule has 2 heterocycles. The minimum atomic E-state index is -3.06. The van der Waals surface area contributed by atoms with Crippen molar-refractivity contribution < 1.29 is 23.1 Å². The smallest absolute Gasteiger partial charge is 0.308 e. The molecule has 20 heavy (non-hydrogen) atoms. The number of piperidine rings is 1. The molecule has 2 fully saturated rings. The fourth-order valence-electron chi connectivity index (χ4n) is 2.74. The molecule has 0 aromatic carbocycles. The molecule has 0 aromatic rings. The Bertz CT molecular complexity index is 490. The maximum Gasteiger partial charge on any atom is 0.308 e. The van der Waals surface area contributed by atoms with E-state index in [4.69, 9.17) is 5.11 Å². The molecule has 0 radical (unpaired) electrons. The monoisotopic (exact) mass is 304 g/mol. The fourth-order valence-corrected chi connectivity index (χ4v) is 4.19. The van der Waals surface area contributed by atoms with Crippen molar-refractivity contribution in [3.63, 3.8) is 0 Å². The van der Waals surface area contributed by atoms with Crippen molar-refractivity contribution >= 4 is 21.7 Å². The van der Waals surface area contributed by atoms with Crippen LogP contribution in [0.25, 0.3) is 0 Å². The van der Waals surface area contributed by atoms with Gasteiger partial charge in [0.15, 0.2) is 9.84 Å². The van der Waals surface area contributed by atoms with Gasteiger partial charge < -0.3 is 15.3 Å². The zero-order valence-corrected chi connectivity index (χ0v) is 12.1. The van der Waals surface area contributed by atoms with E-state index in [-0.39, 0.29) is 36.4 Å². The van der Waals surface area contributed by atoms with E-state index in [1.54, 1.807) is 4.90 Å². The van der Waals surface area contributed by atoms with E-state index in [0.29, 0.717) is 25.9 Å². The highest BCUT2D eigenvalue weighted by molar-refractivity contribution is 7.91. The first-order chi connectivity index (χ1) is 9.37. The largest absolute Gasteiger partial charge is 0.481 e. The molecule has 2 saturated heterocycles. The standard InChI is InChI=1S/C12H20N2O5S/c15-11(6-10-8-20(18,19)5-3-13-10)14-4-1-2-9(7-14)12(16)17/h9-10,13H,1-8H2,(H,16,17)/t9-,10?/m1/s1. The van der Waals surface area contributed by atoms with Crippen molar-refractivity contribution in [3.8, 4) is 0 Å². The quantitative estimate of drug-likeness (QED) is 0.699. The molecule has 114 valence electrons. The maximum atomic E-state index is 12.1. The van der Waals surface area contributed by atoms with Crippen LogP contribution in [-0.4, -0.2) is 67.5 Å². The van der Waals surface area contributed by atoms with Gasteiger partial charge in [0.05, 0.1) is 17.4 Å². The second-order valence-corrected chi connectivity index (χ2v) is 7.72. The zero-order chi connectivity index (χ0) is 14.8. The molecule has 2 rings (SSSR count). The summed E-state index contributed by atoms with van der Waals surface area (Å²) in [5.74, 6) is -1.44. The number of rotatable bonds is 3. The van der Waals surface area contributed by atoms with Crippen LogP contribution in [0.15, 0.2) is 0 Å². The predicted molar refractivity (Wildman–Crippen MR) is 72.0 cm³/mol. The van der Waals surface area contributed by atoms with Gasteiger partial charge in [0, 0.05) is 32.1 Å². The van der Waals surface area contributed by atoms with E-state index in [9.17, 15) is 18.0 Å². The van der Waals surface area contributed by atoms with Crippen molar-refractivity contribution in [1.29, 1.82) is 0 Å². The second kappa shape index (κ2) is 6.09. The normalized spacial score (nSPS) is 29.9. The fraction of sp³-hybridized carbons (Fsp3) is 0.833. The Morgan fingerprint density at radius 2 is 2.10 bits per heavy atom. The van der Waals surface area contributed by atoms with Crippen LogP contribution in [0.4, 0.5) is 0 Å². The van der Waals surface area contributed by atoms with Crippen LogP contribution < -0.4 is 5.32 Å². The van der Waals surface area contributed by atoms with Gasteiger partial charge in [-0.3, -0.25) is 9.59 Å². The average Bonchev–Trinajstić information content (AvgIpc) is 2.37. The first kappa shape index (κ1) is 15.2. The molecule has 0 aromatic heterocycles. The summed E-state index contributed by atoms with van der Waals surface area (Å²) in [6.07, 6.45) is 1.39. The van der Waals surface area contributed by atoms with Gasteiger partial charge in [-0.1, -0.05) is 0 Å². The van der Waals surface area contributed by atoms with Gasteiger partial charge in [-0.05, 0) is 12.8 Å². The summed E-state index contributed by atoms with van der Waals surface area (Å²) in [6, 6.07) is -0.355. The number of nitrogens with one attached hydrogen (secondary N) is 1. The second-order valence-electron chi connectivity index (χ2n) is 5.49. The van der Waals surface area contributed by atoms with Crippen LogP contribution in [0.5, 0.6) is 0 Å². The first-order valence-electron chi connectivity index (χ1n) is 6.82. The van der Waals surface area contributed by atoms with Gasteiger partial charge in [0.1, 0.15) is 0 Å². The third-order valence-corrected chi connectivity index (χ3v) is 5.58. The highest BCUT2D eigenvalue weighted by Crippen LogP contribution is 2.18. The van der Waals surface area contributed by atoms with Crippen molar-refractivity contribution in [3.05, 3.63) is 0 Å². The van der Waals surface area contributed by atoms with Crippen LogP contribution in [0.1, 0.15) is 19.3 Å². The summed E-state index contributed by atoms with van der Waals surface area (Å²) in [7, 11) is -3.06. The molecule has 2 aliphatic rings. The summed E-state index contributed by atoms with van der Waals surface area (Å²) < 4.78 is 23.0. The third-order valence-electron chi connectivity index (χ3n) is 3.85. The van der Waals surface area contributed by atoms with Crippen LogP contribution in [0, 0.1) is 5.92 Å². The van der Waals surface area contributed by atoms with Gasteiger partial charge in [-0.25, -0.2) is 8.42 Å². The molecule has 2 N–H and O–H groups in total. The molecule has 8 heteroatoms. The van der Waals surface area contributed by atoms with E-state index < -0.39 is 21.7 Å². The Kier molecular flexibility index (Phi) is 4.64.